The minimum atomic E-state index is 0.108. The van der Waals surface area contributed by atoms with Crippen molar-refractivity contribution in [2.75, 3.05) is 19.8 Å². The van der Waals surface area contributed by atoms with Crippen molar-refractivity contribution in [3.63, 3.8) is 0 Å². The molecule has 0 spiro atoms. The largest absolute Gasteiger partial charge is 0.381 e. The lowest BCUT2D eigenvalue weighted by molar-refractivity contribution is 0.128. The molecule has 0 aliphatic rings. The second-order valence-corrected chi connectivity index (χ2v) is 2.40. The summed E-state index contributed by atoms with van der Waals surface area (Å²) in [5.74, 6) is 0. The van der Waals surface area contributed by atoms with Crippen molar-refractivity contribution in [3.8, 4) is 0 Å². The van der Waals surface area contributed by atoms with Crippen LogP contribution in [0.4, 0.5) is 0 Å². The molecule has 3 nitrogen and oxygen atoms in total. The van der Waals surface area contributed by atoms with Crippen molar-refractivity contribution in [2.45, 2.75) is 25.8 Å². The third-order valence-corrected chi connectivity index (χ3v) is 1.28. The van der Waals surface area contributed by atoms with Gasteiger partial charge >= 0.3 is 0 Å². The van der Waals surface area contributed by atoms with Crippen LogP contribution in [-0.4, -0.2) is 25.8 Å². The van der Waals surface area contributed by atoms with Gasteiger partial charge in [0.25, 0.3) is 0 Å². The van der Waals surface area contributed by atoms with E-state index in [0.717, 1.165) is 26.1 Å². The monoisotopic (exact) mass is 146 g/mol. The van der Waals surface area contributed by atoms with Gasteiger partial charge in [-0.1, -0.05) is 6.92 Å². The molecule has 0 aliphatic heterocycles. The molecule has 0 aromatic carbocycles. The number of hydrogen-bond acceptors (Lipinski definition) is 3. The Hall–Kier alpha value is -0.120. The molecule has 62 valence electrons. The summed E-state index contributed by atoms with van der Waals surface area (Å²) in [6.07, 6.45) is 1.94. The molecule has 0 aromatic rings. The van der Waals surface area contributed by atoms with Crippen molar-refractivity contribution in [1.29, 1.82) is 0 Å². The van der Waals surface area contributed by atoms with E-state index in [1.807, 2.05) is 0 Å². The zero-order valence-electron chi connectivity index (χ0n) is 6.68. The van der Waals surface area contributed by atoms with E-state index in [2.05, 4.69) is 6.92 Å². The van der Waals surface area contributed by atoms with Gasteiger partial charge < -0.3 is 16.2 Å². The number of rotatable bonds is 6. The molecule has 3 heteroatoms. The smallest absolute Gasteiger partial charge is 0.0481 e. The molecule has 1 atom stereocenters. The van der Waals surface area contributed by atoms with Gasteiger partial charge in [0.2, 0.25) is 0 Å². The Bertz CT molecular complexity index is 68.6. The summed E-state index contributed by atoms with van der Waals surface area (Å²) in [7, 11) is 0. The molecule has 0 aliphatic carbocycles. The number of hydrogen-bond donors (Lipinski definition) is 2. The van der Waals surface area contributed by atoms with Crippen LogP contribution >= 0.6 is 0 Å². The van der Waals surface area contributed by atoms with Crippen molar-refractivity contribution < 1.29 is 4.74 Å². The van der Waals surface area contributed by atoms with E-state index >= 15 is 0 Å². The molecular formula is C7H18N2O. The molecule has 0 rings (SSSR count). The van der Waals surface area contributed by atoms with Crippen LogP contribution in [0.25, 0.3) is 0 Å². The van der Waals surface area contributed by atoms with Crippen LogP contribution in [0.5, 0.6) is 0 Å². The SMILES string of the molecule is CCCOCCC(N)CN. The van der Waals surface area contributed by atoms with Gasteiger partial charge in [-0.2, -0.15) is 0 Å². The molecule has 0 heterocycles. The van der Waals surface area contributed by atoms with Gasteiger partial charge in [-0.3, -0.25) is 0 Å². The van der Waals surface area contributed by atoms with E-state index in [-0.39, 0.29) is 6.04 Å². The van der Waals surface area contributed by atoms with E-state index in [1.54, 1.807) is 0 Å². The Morgan fingerprint density at radius 2 is 2.10 bits per heavy atom. The summed E-state index contributed by atoms with van der Waals surface area (Å²) < 4.78 is 5.22. The third kappa shape index (κ3) is 6.01. The highest BCUT2D eigenvalue weighted by molar-refractivity contribution is 4.59. The predicted molar refractivity (Wildman–Crippen MR) is 42.8 cm³/mol. The average Bonchev–Trinajstić information content (AvgIpc) is 1.98. The van der Waals surface area contributed by atoms with Crippen LogP contribution in [0.3, 0.4) is 0 Å². The third-order valence-electron chi connectivity index (χ3n) is 1.28. The van der Waals surface area contributed by atoms with Crippen LogP contribution < -0.4 is 11.5 Å². The van der Waals surface area contributed by atoms with Crippen LogP contribution in [-0.2, 0) is 4.74 Å². The van der Waals surface area contributed by atoms with Crippen LogP contribution in [0.15, 0.2) is 0 Å². The first kappa shape index (κ1) is 9.88. The summed E-state index contributed by atoms with van der Waals surface area (Å²) in [5.41, 5.74) is 10.9. The molecule has 4 N–H and O–H groups in total. The lowest BCUT2D eigenvalue weighted by Gasteiger charge is -2.07. The zero-order chi connectivity index (χ0) is 7.82. The van der Waals surface area contributed by atoms with Gasteiger partial charge in [0.1, 0.15) is 0 Å². The fourth-order valence-corrected chi connectivity index (χ4v) is 0.599. The lowest BCUT2D eigenvalue weighted by Crippen LogP contribution is -2.30. The molecule has 0 aromatic heterocycles. The molecule has 0 radical (unpaired) electrons. The summed E-state index contributed by atoms with van der Waals surface area (Å²) in [6.45, 7) is 4.21. The topological polar surface area (TPSA) is 61.3 Å². The molecular weight excluding hydrogens is 128 g/mol. The van der Waals surface area contributed by atoms with Crippen LogP contribution in [0.1, 0.15) is 19.8 Å². The molecule has 1 unspecified atom stereocenters. The van der Waals surface area contributed by atoms with Crippen molar-refractivity contribution >= 4 is 0 Å². The van der Waals surface area contributed by atoms with Crippen molar-refractivity contribution in [1.82, 2.24) is 0 Å². The highest BCUT2D eigenvalue weighted by Gasteiger charge is 1.97. The summed E-state index contributed by atoms with van der Waals surface area (Å²) in [5, 5.41) is 0. The van der Waals surface area contributed by atoms with E-state index in [0.29, 0.717) is 6.54 Å². The maximum absolute atomic E-state index is 5.55. The Kier molecular flexibility index (Phi) is 6.91. The Morgan fingerprint density at radius 3 is 2.60 bits per heavy atom. The highest BCUT2D eigenvalue weighted by atomic mass is 16.5. The van der Waals surface area contributed by atoms with Gasteiger partial charge in [0.05, 0.1) is 0 Å². The highest BCUT2D eigenvalue weighted by Crippen LogP contribution is 1.88. The first-order chi connectivity index (χ1) is 4.81. The molecule has 0 bridgehead atoms. The lowest BCUT2D eigenvalue weighted by atomic mass is 10.2. The molecule has 0 saturated heterocycles. The minimum absolute atomic E-state index is 0.108. The number of ether oxygens (including phenoxy) is 1. The average molecular weight is 146 g/mol. The van der Waals surface area contributed by atoms with Crippen molar-refractivity contribution in [2.24, 2.45) is 11.5 Å². The van der Waals surface area contributed by atoms with Gasteiger partial charge in [-0.05, 0) is 12.8 Å². The van der Waals surface area contributed by atoms with E-state index in [9.17, 15) is 0 Å². The second-order valence-electron chi connectivity index (χ2n) is 2.40. The molecule has 0 saturated carbocycles. The summed E-state index contributed by atoms with van der Waals surface area (Å²) in [4.78, 5) is 0. The van der Waals surface area contributed by atoms with Gasteiger partial charge in [-0.15, -0.1) is 0 Å². The Morgan fingerprint density at radius 1 is 1.40 bits per heavy atom. The first-order valence-corrected chi connectivity index (χ1v) is 3.84. The summed E-state index contributed by atoms with van der Waals surface area (Å²) in [6, 6.07) is 0.108. The molecule has 10 heavy (non-hydrogen) atoms. The van der Waals surface area contributed by atoms with Crippen LogP contribution in [0.2, 0.25) is 0 Å². The first-order valence-electron chi connectivity index (χ1n) is 3.84. The van der Waals surface area contributed by atoms with Gasteiger partial charge in [0, 0.05) is 25.8 Å². The van der Waals surface area contributed by atoms with E-state index < -0.39 is 0 Å². The van der Waals surface area contributed by atoms with Gasteiger partial charge in [0.15, 0.2) is 0 Å². The Balaban J connectivity index is 2.89. The van der Waals surface area contributed by atoms with Crippen molar-refractivity contribution in [3.05, 3.63) is 0 Å². The van der Waals surface area contributed by atoms with Crippen LogP contribution in [0, 0.1) is 0 Å². The quantitative estimate of drug-likeness (QED) is 0.522. The van der Waals surface area contributed by atoms with E-state index in [1.165, 1.54) is 0 Å². The standard InChI is InChI=1S/C7H18N2O/c1-2-4-10-5-3-7(9)6-8/h7H,2-6,8-9H2,1H3. The van der Waals surface area contributed by atoms with Gasteiger partial charge in [-0.25, -0.2) is 0 Å². The fourth-order valence-electron chi connectivity index (χ4n) is 0.599. The summed E-state index contributed by atoms with van der Waals surface area (Å²) >= 11 is 0. The zero-order valence-corrected chi connectivity index (χ0v) is 6.68. The molecule has 0 amide bonds. The molecule has 0 fully saturated rings. The van der Waals surface area contributed by atoms with E-state index in [4.69, 9.17) is 16.2 Å². The minimum Gasteiger partial charge on any atom is -0.381 e. The predicted octanol–water partition coefficient (Wildman–Crippen LogP) is 0.0891. The normalized spacial score (nSPS) is 13.5. The Labute approximate surface area is 62.7 Å². The maximum atomic E-state index is 5.55. The fraction of sp³-hybridized carbons (Fsp3) is 1.00. The number of nitrogens with two attached hydrogens (primary N) is 2. The maximum Gasteiger partial charge on any atom is 0.0481 e. The second kappa shape index (κ2) is 6.99.